The first-order valence-corrected chi connectivity index (χ1v) is 5.48. The van der Waals surface area contributed by atoms with Crippen LogP contribution in [0.1, 0.15) is 0 Å². The predicted molar refractivity (Wildman–Crippen MR) is 72.3 cm³/mol. The molecule has 18 heavy (non-hydrogen) atoms. The monoisotopic (exact) mass is 228 g/mol. The van der Waals surface area contributed by atoms with E-state index in [9.17, 15) is 0 Å². The van der Waals surface area contributed by atoms with E-state index in [1.54, 1.807) is 36.4 Å². The minimum atomic E-state index is 1.77. The molecule has 0 unspecified atom stereocenters. The van der Waals surface area contributed by atoms with Crippen molar-refractivity contribution < 1.29 is 0 Å². The van der Waals surface area contributed by atoms with Crippen molar-refractivity contribution >= 4 is 0 Å². The highest BCUT2D eigenvalue weighted by Crippen LogP contribution is 1.72. The van der Waals surface area contributed by atoms with Gasteiger partial charge in [0.25, 0.3) is 0 Å². The summed E-state index contributed by atoms with van der Waals surface area (Å²) in [5.41, 5.74) is 0. The van der Waals surface area contributed by atoms with Crippen LogP contribution in [0.4, 0.5) is 0 Å². The fourth-order valence-corrected chi connectivity index (χ4v) is 0.911. The summed E-state index contributed by atoms with van der Waals surface area (Å²) in [7, 11) is 0. The van der Waals surface area contributed by atoms with Crippen molar-refractivity contribution in [1.29, 1.82) is 0 Å². The van der Waals surface area contributed by atoms with Crippen molar-refractivity contribution in [3.63, 3.8) is 0 Å². The minimum absolute atomic E-state index is 1.77. The first-order valence-electron chi connectivity index (χ1n) is 5.48. The molecule has 0 atom stereocenters. The van der Waals surface area contributed by atoms with Gasteiger partial charge in [0, 0.05) is 0 Å². The summed E-state index contributed by atoms with van der Waals surface area (Å²) in [5, 5.41) is 0. The van der Waals surface area contributed by atoms with Crippen molar-refractivity contribution in [2.75, 3.05) is 0 Å². The summed E-state index contributed by atoms with van der Waals surface area (Å²) >= 11 is 0. The molecule has 0 N–H and O–H groups in total. The minimum Gasteiger partial charge on any atom is -0.0702 e. The summed E-state index contributed by atoms with van der Waals surface area (Å²) in [6, 6.07) is 39.0. The fraction of sp³-hybridized carbons (Fsp3) is 0. The third-order valence-electron chi connectivity index (χ3n) is 1.66. The zero-order valence-electron chi connectivity index (χ0n) is 9.93. The van der Waals surface area contributed by atoms with Gasteiger partial charge in [-0.15, -0.1) is 0 Å². The molecule has 0 radical (unpaired) electrons. The van der Waals surface area contributed by atoms with Crippen molar-refractivity contribution in [2.45, 2.75) is 0 Å². The summed E-state index contributed by atoms with van der Waals surface area (Å²) in [6.07, 6.45) is 0. The maximum atomic E-state index is 2.88. The summed E-state index contributed by atoms with van der Waals surface area (Å²) in [5.74, 6) is 0. The fourth-order valence-electron chi connectivity index (χ4n) is 0.911. The van der Waals surface area contributed by atoms with Crippen LogP contribution in [0, 0.1) is 36.4 Å². The van der Waals surface area contributed by atoms with Crippen molar-refractivity contribution in [3.05, 3.63) is 109 Å². The first kappa shape index (κ1) is 13.2. The van der Waals surface area contributed by atoms with Crippen LogP contribution in [0.15, 0.2) is 72.8 Å². The van der Waals surface area contributed by atoms with Gasteiger partial charge in [0.15, 0.2) is 0 Å². The molecule has 0 aromatic heterocycles. The molecule has 0 heterocycles. The molecule has 1 rings (SSSR count). The van der Waals surface area contributed by atoms with Crippen LogP contribution in [0.2, 0.25) is 0 Å². The summed E-state index contributed by atoms with van der Waals surface area (Å²) < 4.78 is 0. The molecule has 0 heteroatoms. The van der Waals surface area contributed by atoms with E-state index in [1.165, 1.54) is 0 Å². The third kappa shape index (κ3) is 8.43. The third-order valence-corrected chi connectivity index (χ3v) is 1.66. The molecule has 0 fully saturated rings. The lowest BCUT2D eigenvalue weighted by Crippen LogP contribution is -1.43. The summed E-state index contributed by atoms with van der Waals surface area (Å²) in [4.78, 5) is 0. The van der Waals surface area contributed by atoms with Gasteiger partial charge in [-0.2, -0.15) is 0 Å². The molecule has 0 amide bonds. The van der Waals surface area contributed by atoms with Gasteiger partial charge in [0.1, 0.15) is 0 Å². The Morgan fingerprint density at radius 2 is 0.444 bits per heavy atom. The van der Waals surface area contributed by atoms with Crippen molar-refractivity contribution in [3.8, 4) is 0 Å². The van der Waals surface area contributed by atoms with Crippen LogP contribution in [0.5, 0.6) is 0 Å². The molecular formula is C18H12. The van der Waals surface area contributed by atoms with Crippen molar-refractivity contribution in [1.82, 2.24) is 0 Å². The molecule has 0 aliphatic rings. The number of hydrogen-bond acceptors (Lipinski definition) is 0. The average molecular weight is 228 g/mol. The summed E-state index contributed by atoms with van der Waals surface area (Å²) in [6.45, 7) is 0. The Morgan fingerprint density at radius 3 is 0.611 bits per heavy atom. The zero-order chi connectivity index (χ0) is 12.7. The highest BCUT2D eigenvalue weighted by molar-refractivity contribution is 4.91. The second kappa shape index (κ2) is 10.6. The Kier molecular flexibility index (Phi) is 7.79. The van der Waals surface area contributed by atoms with Crippen LogP contribution in [-0.4, -0.2) is 0 Å². The van der Waals surface area contributed by atoms with Crippen LogP contribution in [-0.2, 0) is 0 Å². The van der Waals surface area contributed by atoms with Gasteiger partial charge in [-0.05, 0) is 36.4 Å². The van der Waals surface area contributed by atoms with Gasteiger partial charge in [0.2, 0.25) is 0 Å². The molecule has 0 spiro atoms. The highest BCUT2D eigenvalue weighted by Gasteiger charge is 1.54. The van der Waals surface area contributed by atoms with Gasteiger partial charge in [-0.25, -0.2) is 0 Å². The van der Waals surface area contributed by atoms with Crippen LogP contribution in [0.25, 0.3) is 0 Å². The highest BCUT2D eigenvalue weighted by atomic mass is 13.6. The lowest BCUT2D eigenvalue weighted by molar-refractivity contribution is 1.76. The Balaban J connectivity index is 3.00. The molecule has 84 valence electrons. The lowest BCUT2D eigenvalue weighted by atomic mass is 10.4. The van der Waals surface area contributed by atoms with E-state index >= 15 is 0 Å². The Morgan fingerprint density at radius 1 is 0.278 bits per heavy atom. The van der Waals surface area contributed by atoms with E-state index < -0.39 is 0 Å². The van der Waals surface area contributed by atoms with Crippen LogP contribution >= 0.6 is 0 Å². The topological polar surface area (TPSA) is 0 Å². The number of hydrogen-bond donors (Lipinski definition) is 0. The molecule has 0 saturated carbocycles. The molecule has 1 aromatic carbocycles. The Hall–Kier alpha value is -2.88. The van der Waals surface area contributed by atoms with Gasteiger partial charge < -0.3 is 0 Å². The Bertz CT molecular complexity index is 291. The van der Waals surface area contributed by atoms with E-state index in [2.05, 4.69) is 36.4 Å². The van der Waals surface area contributed by atoms with Gasteiger partial charge in [-0.3, -0.25) is 0 Å². The maximum absolute atomic E-state index is 2.88. The van der Waals surface area contributed by atoms with E-state index in [-0.39, 0.29) is 0 Å². The number of rotatable bonds is 0. The molecule has 1 aromatic rings. The molecule has 0 aliphatic carbocycles. The van der Waals surface area contributed by atoms with Gasteiger partial charge in [0.05, 0.1) is 0 Å². The lowest BCUT2D eigenvalue weighted by Gasteiger charge is -1.61. The smallest absolute Gasteiger partial charge is 0.0115 e. The SMILES string of the molecule is c1ccccc#cccccc#cccccc#1. The first-order chi connectivity index (χ1) is 9.00. The van der Waals surface area contributed by atoms with E-state index in [1.807, 2.05) is 36.4 Å². The second-order valence-corrected chi connectivity index (χ2v) is 3.02. The molecule has 0 aliphatic heterocycles. The largest absolute Gasteiger partial charge is 0.0702 e. The zero-order valence-corrected chi connectivity index (χ0v) is 9.93. The molecule has 0 bridgehead atoms. The van der Waals surface area contributed by atoms with Crippen LogP contribution < -0.4 is 0 Å². The van der Waals surface area contributed by atoms with E-state index in [4.69, 9.17) is 0 Å². The van der Waals surface area contributed by atoms with Crippen LogP contribution in [0.3, 0.4) is 0 Å². The maximum Gasteiger partial charge on any atom is -0.0115 e. The van der Waals surface area contributed by atoms with E-state index in [0.29, 0.717) is 0 Å². The standard InChI is InChI=1S/C18H12/c1-2-4-6-8-10-12-14-16-18-17-15-13-11-9-7-5-3-1/h1-4,9-16H. The predicted octanol–water partition coefficient (Wildman–Crippen LogP) is 3.86. The molecule has 0 saturated heterocycles. The molecular weight excluding hydrogens is 216 g/mol. The Labute approximate surface area is 110 Å². The van der Waals surface area contributed by atoms with E-state index in [0.717, 1.165) is 0 Å². The van der Waals surface area contributed by atoms with Gasteiger partial charge in [-0.1, -0.05) is 72.8 Å². The second-order valence-electron chi connectivity index (χ2n) is 3.02. The molecule has 0 nitrogen and oxygen atoms in total. The van der Waals surface area contributed by atoms with Gasteiger partial charge >= 0.3 is 0 Å². The van der Waals surface area contributed by atoms with Crippen molar-refractivity contribution in [2.24, 2.45) is 0 Å². The quantitative estimate of drug-likeness (QED) is 0.632. The average Bonchev–Trinajstić information content (AvgIpc) is 2.39. The normalized spacial score (nSPS) is 6.67.